The van der Waals surface area contributed by atoms with Crippen molar-refractivity contribution in [1.29, 1.82) is 0 Å². The number of hydrogen-bond acceptors (Lipinski definition) is 3. The van der Waals surface area contributed by atoms with Gasteiger partial charge in [-0.05, 0) is 22.0 Å². The van der Waals surface area contributed by atoms with E-state index < -0.39 is 5.82 Å². The maximum atomic E-state index is 13.3. The Hall–Kier alpha value is -0.810. The van der Waals surface area contributed by atoms with Crippen LogP contribution in [0.2, 0.25) is 0 Å². The van der Waals surface area contributed by atoms with E-state index in [0.717, 1.165) is 0 Å². The molecule has 0 fully saturated rings. The topological polar surface area (TPSA) is 38.7 Å². The van der Waals surface area contributed by atoms with Crippen molar-refractivity contribution in [3.8, 4) is 11.5 Å². The number of hydrogen-bond donors (Lipinski definition) is 1. The molecule has 1 aliphatic rings. The van der Waals surface area contributed by atoms with Crippen LogP contribution in [-0.2, 0) is 6.61 Å². The molecule has 0 atom stereocenters. The minimum absolute atomic E-state index is 0.0856. The second-order valence-corrected chi connectivity index (χ2v) is 3.35. The van der Waals surface area contributed by atoms with E-state index >= 15 is 0 Å². The fraction of sp³-hybridized carbons (Fsp3) is 0.250. The summed E-state index contributed by atoms with van der Waals surface area (Å²) in [6.07, 6.45) is 0. The molecule has 0 aliphatic carbocycles. The second kappa shape index (κ2) is 3.16. The summed E-state index contributed by atoms with van der Waals surface area (Å²) in [5.74, 6) is 0.304. The Morgan fingerprint density at radius 3 is 3.00 bits per heavy atom. The summed E-state index contributed by atoms with van der Waals surface area (Å²) in [6.45, 7) is -0.274. The Balaban J connectivity index is 2.61. The Labute approximate surface area is 82.2 Å². The molecule has 70 valence electrons. The van der Waals surface area contributed by atoms with Gasteiger partial charge in [0, 0.05) is 5.56 Å². The molecule has 3 nitrogen and oxygen atoms in total. The van der Waals surface area contributed by atoms with Crippen LogP contribution in [0.3, 0.4) is 0 Å². The van der Waals surface area contributed by atoms with Gasteiger partial charge in [0.15, 0.2) is 11.5 Å². The maximum absolute atomic E-state index is 13.3. The fourth-order valence-electron chi connectivity index (χ4n) is 1.14. The first-order valence-corrected chi connectivity index (χ1v) is 4.40. The number of aliphatic hydroxyl groups excluding tert-OH is 1. The quantitative estimate of drug-likeness (QED) is 0.824. The summed E-state index contributed by atoms with van der Waals surface area (Å²) in [6, 6.07) is 1.43. The highest BCUT2D eigenvalue weighted by atomic mass is 79.9. The van der Waals surface area contributed by atoms with Crippen LogP contribution in [0.25, 0.3) is 0 Å². The zero-order chi connectivity index (χ0) is 9.42. The lowest BCUT2D eigenvalue weighted by molar-refractivity contribution is 0.173. The molecule has 1 aromatic carbocycles. The van der Waals surface area contributed by atoms with Crippen LogP contribution in [0.1, 0.15) is 5.56 Å². The largest absolute Gasteiger partial charge is 0.454 e. The van der Waals surface area contributed by atoms with Crippen molar-refractivity contribution in [2.24, 2.45) is 0 Å². The summed E-state index contributed by atoms with van der Waals surface area (Å²) in [4.78, 5) is 0. The molecule has 0 aromatic heterocycles. The Morgan fingerprint density at radius 1 is 1.54 bits per heavy atom. The van der Waals surface area contributed by atoms with E-state index in [1.54, 1.807) is 0 Å². The Kier molecular flexibility index (Phi) is 2.13. The SMILES string of the molecule is OCc1cc2c(c(Br)c1F)OCO2. The third-order valence-electron chi connectivity index (χ3n) is 1.79. The standard InChI is InChI=1S/C8H6BrFO3/c9-6-7(10)4(2-11)1-5-8(6)13-3-12-5/h1,11H,2-3H2. The molecule has 0 saturated carbocycles. The molecule has 0 amide bonds. The van der Waals surface area contributed by atoms with E-state index in [1.807, 2.05) is 0 Å². The Morgan fingerprint density at radius 2 is 2.31 bits per heavy atom. The van der Waals surface area contributed by atoms with Crippen LogP contribution in [-0.4, -0.2) is 11.9 Å². The summed E-state index contributed by atoms with van der Waals surface area (Å²) in [5, 5.41) is 8.82. The van der Waals surface area contributed by atoms with E-state index in [-0.39, 0.29) is 23.4 Å². The summed E-state index contributed by atoms with van der Waals surface area (Å²) in [5.41, 5.74) is 0.191. The number of rotatable bonds is 1. The van der Waals surface area contributed by atoms with Crippen molar-refractivity contribution in [2.75, 3.05) is 6.79 Å². The summed E-state index contributed by atoms with van der Waals surface area (Å²) < 4.78 is 23.6. The smallest absolute Gasteiger partial charge is 0.231 e. The van der Waals surface area contributed by atoms with Gasteiger partial charge in [-0.25, -0.2) is 4.39 Å². The third-order valence-corrected chi connectivity index (χ3v) is 2.50. The van der Waals surface area contributed by atoms with E-state index in [2.05, 4.69) is 15.9 Å². The average Bonchev–Trinajstić information content (AvgIpc) is 2.59. The van der Waals surface area contributed by atoms with Crippen molar-refractivity contribution in [3.05, 3.63) is 21.9 Å². The van der Waals surface area contributed by atoms with Crippen molar-refractivity contribution >= 4 is 15.9 Å². The first kappa shape index (κ1) is 8.77. The van der Waals surface area contributed by atoms with Crippen molar-refractivity contribution in [1.82, 2.24) is 0 Å². The van der Waals surface area contributed by atoms with Crippen LogP contribution in [0.4, 0.5) is 4.39 Å². The van der Waals surface area contributed by atoms with Crippen molar-refractivity contribution in [2.45, 2.75) is 6.61 Å². The van der Waals surface area contributed by atoms with Gasteiger partial charge in [-0.15, -0.1) is 0 Å². The molecule has 1 aromatic rings. The molecule has 1 N–H and O–H groups in total. The average molecular weight is 249 g/mol. The molecular weight excluding hydrogens is 243 g/mol. The molecule has 0 radical (unpaired) electrons. The summed E-state index contributed by atoms with van der Waals surface area (Å²) in [7, 11) is 0. The highest BCUT2D eigenvalue weighted by Crippen LogP contribution is 2.41. The number of benzene rings is 1. The van der Waals surface area contributed by atoms with Gasteiger partial charge < -0.3 is 14.6 Å². The molecule has 0 unspecified atom stereocenters. The lowest BCUT2D eigenvalue weighted by Gasteiger charge is -2.04. The molecule has 0 saturated heterocycles. The van der Waals surface area contributed by atoms with Gasteiger partial charge in [0.2, 0.25) is 6.79 Å². The minimum Gasteiger partial charge on any atom is -0.454 e. The molecular formula is C8H6BrFO3. The zero-order valence-electron chi connectivity index (χ0n) is 6.51. The number of ether oxygens (including phenoxy) is 2. The molecule has 1 aliphatic heterocycles. The van der Waals surface area contributed by atoms with Gasteiger partial charge in [-0.2, -0.15) is 0 Å². The van der Waals surface area contributed by atoms with Crippen molar-refractivity contribution in [3.63, 3.8) is 0 Å². The van der Waals surface area contributed by atoms with E-state index in [0.29, 0.717) is 11.5 Å². The monoisotopic (exact) mass is 248 g/mol. The van der Waals surface area contributed by atoms with Crippen LogP contribution in [0.5, 0.6) is 11.5 Å². The molecule has 13 heavy (non-hydrogen) atoms. The predicted molar refractivity (Wildman–Crippen MR) is 46.1 cm³/mol. The molecule has 0 spiro atoms. The highest BCUT2D eigenvalue weighted by Gasteiger charge is 2.22. The van der Waals surface area contributed by atoms with Gasteiger partial charge in [0.05, 0.1) is 11.1 Å². The minimum atomic E-state index is -0.508. The van der Waals surface area contributed by atoms with Crippen molar-refractivity contribution < 1.29 is 19.0 Å². The maximum Gasteiger partial charge on any atom is 0.231 e. The molecule has 1 heterocycles. The van der Waals surface area contributed by atoms with Gasteiger partial charge >= 0.3 is 0 Å². The lowest BCUT2D eigenvalue weighted by Crippen LogP contribution is -1.93. The lowest BCUT2D eigenvalue weighted by atomic mass is 10.2. The van der Waals surface area contributed by atoms with Crippen LogP contribution in [0.15, 0.2) is 10.5 Å². The number of aliphatic hydroxyl groups is 1. The molecule has 2 rings (SSSR count). The van der Waals surface area contributed by atoms with Gasteiger partial charge in [-0.1, -0.05) is 0 Å². The first-order valence-electron chi connectivity index (χ1n) is 3.61. The Bertz CT molecular complexity index is 353. The molecule has 0 bridgehead atoms. The van der Waals surface area contributed by atoms with Gasteiger partial charge in [-0.3, -0.25) is 0 Å². The highest BCUT2D eigenvalue weighted by molar-refractivity contribution is 9.10. The van der Waals surface area contributed by atoms with Crippen LogP contribution < -0.4 is 9.47 Å². The first-order chi connectivity index (χ1) is 6.24. The van der Waals surface area contributed by atoms with Crippen LogP contribution in [0, 0.1) is 5.82 Å². The predicted octanol–water partition coefficient (Wildman–Crippen LogP) is 1.81. The molecule has 5 heteroatoms. The van der Waals surface area contributed by atoms with Gasteiger partial charge in [0.25, 0.3) is 0 Å². The van der Waals surface area contributed by atoms with E-state index in [9.17, 15) is 4.39 Å². The van der Waals surface area contributed by atoms with Crippen LogP contribution >= 0.6 is 15.9 Å². The fourth-order valence-corrected chi connectivity index (χ4v) is 1.71. The van der Waals surface area contributed by atoms with Gasteiger partial charge in [0.1, 0.15) is 5.82 Å². The third kappa shape index (κ3) is 1.28. The second-order valence-electron chi connectivity index (χ2n) is 2.56. The number of halogens is 2. The van der Waals surface area contributed by atoms with E-state index in [1.165, 1.54) is 6.07 Å². The van der Waals surface area contributed by atoms with E-state index in [4.69, 9.17) is 14.6 Å². The normalized spacial score (nSPS) is 13.5. The summed E-state index contributed by atoms with van der Waals surface area (Å²) >= 11 is 3.03. The number of fused-ring (bicyclic) bond motifs is 1. The zero-order valence-corrected chi connectivity index (χ0v) is 8.10.